The largest absolute Gasteiger partial charge is 0.497 e. The summed E-state index contributed by atoms with van der Waals surface area (Å²) in [7, 11) is 3.16. The molecule has 2 aromatic carbocycles. The number of anilines is 2. The highest BCUT2D eigenvalue weighted by Crippen LogP contribution is 2.34. The van der Waals surface area contributed by atoms with E-state index in [2.05, 4.69) is 25.9 Å². The number of nitrogens with zero attached hydrogens (tertiary/aromatic N) is 4. The fourth-order valence-electron chi connectivity index (χ4n) is 5.35. The lowest BCUT2D eigenvalue weighted by molar-refractivity contribution is -0.137. The minimum Gasteiger partial charge on any atom is -0.497 e. The van der Waals surface area contributed by atoms with Gasteiger partial charge in [-0.2, -0.15) is 18.3 Å². The van der Waals surface area contributed by atoms with E-state index in [1.165, 1.54) is 0 Å². The molecule has 0 spiro atoms. The molecule has 0 aliphatic rings. The maximum atomic E-state index is 13.2. The number of hydrogen-bond acceptors (Lipinski definition) is 9. The predicted molar refractivity (Wildman–Crippen MR) is 190 cm³/mol. The molecule has 5 rings (SSSR count). The number of benzene rings is 2. The van der Waals surface area contributed by atoms with E-state index >= 15 is 0 Å². The second-order valence-corrected chi connectivity index (χ2v) is 13.0. The van der Waals surface area contributed by atoms with Crippen LogP contribution in [0.15, 0.2) is 73.1 Å². The van der Waals surface area contributed by atoms with Gasteiger partial charge in [-0.25, -0.2) is 14.8 Å². The van der Waals surface area contributed by atoms with E-state index in [0.717, 1.165) is 29.4 Å². The van der Waals surface area contributed by atoms with Gasteiger partial charge in [0.2, 0.25) is 0 Å². The van der Waals surface area contributed by atoms with Gasteiger partial charge in [0, 0.05) is 54.3 Å². The second kappa shape index (κ2) is 15.6. The first-order chi connectivity index (χ1) is 24.6. The number of halogens is 3. The molecule has 0 saturated heterocycles. The normalized spacial score (nSPS) is 12.2. The molecule has 3 N–H and O–H groups in total. The van der Waals surface area contributed by atoms with Gasteiger partial charge in [-0.3, -0.25) is 9.48 Å². The smallest absolute Gasteiger partial charge is 0.416 e. The van der Waals surface area contributed by atoms with Gasteiger partial charge in [0.25, 0.3) is 5.91 Å². The molecule has 5 aromatic rings. The van der Waals surface area contributed by atoms with E-state index in [1.807, 2.05) is 29.8 Å². The Labute approximate surface area is 298 Å². The number of fused-ring (bicyclic) bond motifs is 1. The summed E-state index contributed by atoms with van der Waals surface area (Å²) < 4.78 is 57.7. The number of alkyl carbamates (subject to hydrolysis) is 1. The number of carbonyl (C=O) groups excluding carboxylic acids is 2. The Morgan fingerprint density at radius 1 is 0.923 bits per heavy atom. The quantitative estimate of drug-likeness (QED) is 0.118. The van der Waals surface area contributed by atoms with Gasteiger partial charge in [0.05, 0.1) is 30.7 Å². The van der Waals surface area contributed by atoms with Crippen molar-refractivity contribution in [2.45, 2.75) is 65.0 Å². The number of nitrogens with one attached hydrogen (secondary N) is 3. The molecular formula is C37H40F3N7O5. The highest BCUT2D eigenvalue weighted by molar-refractivity contribution is 6.05. The first kappa shape index (κ1) is 37.4. The van der Waals surface area contributed by atoms with E-state index in [0.29, 0.717) is 53.5 Å². The SMILES string of the molecule is COc1ccc(CNc2nccc3c2c(-c2ccc(C(=O)Nc4cc(C(F)(F)F)ccn4)cc2)nn3CC[C@@H](C)NC(=O)OC(C)(C)C)c(OC)c1. The summed E-state index contributed by atoms with van der Waals surface area (Å²) in [5.41, 5.74) is 1.53. The van der Waals surface area contributed by atoms with Crippen molar-refractivity contribution in [1.29, 1.82) is 0 Å². The third-order valence-electron chi connectivity index (χ3n) is 7.89. The van der Waals surface area contributed by atoms with Crippen molar-refractivity contribution >= 4 is 34.5 Å². The average Bonchev–Trinajstić information content (AvgIpc) is 3.48. The molecule has 0 bridgehead atoms. The van der Waals surface area contributed by atoms with Crippen molar-refractivity contribution < 1.29 is 37.0 Å². The van der Waals surface area contributed by atoms with Gasteiger partial charge >= 0.3 is 12.3 Å². The van der Waals surface area contributed by atoms with Crippen LogP contribution in [-0.4, -0.2) is 57.6 Å². The van der Waals surface area contributed by atoms with Crippen molar-refractivity contribution in [1.82, 2.24) is 25.1 Å². The van der Waals surface area contributed by atoms with Crippen LogP contribution in [-0.2, 0) is 24.0 Å². The maximum Gasteiger partial charge on any atom is 0.416 e. The molecule has 2 amide bonds. The molecule has 0 aliphatic heterocycles. The lowest BCUT2D eigenvalue weighted by Gasteiger charge is -2.22. The molecule has 3 aromatic heterocycles. The number of pyridine rings is 2. The Hall–Kier alpha value is -5.86. The molecule has 0 saturated carbocycles. The monoisotopic (exact) mass is 719 g/mol. The van der Waals surface area contributed by atoms with Crippen molar-refractivity contribution in [2.75, 3.05) is 24.9 Å². The summed E-state index contributed by atoms with van der Waals surface area (Å²) in [5, 5.41) is 14.4. The standard InChI is InChI=1S/C37H40F3N7O5/c1-22(44-35(49)52-36(2,3)4)15-18-47-28-14-17-42-33(43-21-25-11-12-27(50-5)20-29(25)51-6)31(28)32(46-47)23-7-9-24(10-8-23)34(48)45-30-19-26(13-16-41-30)37(38,39)40/h7-14,16-17,19-20,22H,15,18,21H2,1-6H3,(H,42,43)(H,44,49)(H,41,45,48)/t22-/m1/s1. The summed E-state index contributed by atoms with van der Waals surface area (Å²) in [6.45, 7) is 8.08. The Kier molecular flexibility index (Phi) is 11.2. The molecule has 0 unspecified atom stereocenters. The summed E-state index contributed by atoms with van der Waals surface area (Å²) in [5.74, 6) is 0.990. The molecular weight excluding hydrogens is 679 g/mol. The Balaban J connectivity index is 1.44. The number of ether oxygens (including phenoxy) is 3. The first-order valence-corrected chi connectivity index (χ1v) is 16.4. The lowest BCUT2D eigenvalue weighted by Crippen LogP contribution is -2.38. The van der Waals surface area contributed by atoms with Crippen molar-refractivity contribution in [3.63, 3.8) is 0 Å². The number of carbonyl (C=O) groups is 2. The number of rotatable bonds is 12. The fourth-order valence-corrected chi connectivity index (χ4v) is 5.35. The number of alkyl halides is 3. The van der Waals surface area contributed by atoms with Crippen LogP contribution in [0.5, 0.6) is 11.5 Å². The number of aryl methyl sites for hydroxylation is 1. The molecule has 52 heavy (non-hydrogen) atoms. The summed E-state index contributed by atoms with van der Waals surface area (Å²) in [4.78, 5) is 33.8. The topological polar surface area (TPSA) is 142 Å². The van der Waals surface area contributed by atoms with Crippen LogP contribution in [0.3, 0.4) is 0 Å². The predicted octanol–water partition coefficient (Wildman–Crippen LogP) is 7.70. The summed E-state index contributed by atoms with van der Waals surface area (Å²) >= 11 is 0. The number of amides is 2. The van der Waals surface area contributed by atoms with E-state index in [-0.39, 0.29) is 17.4 Å². The molecule has 1 atom stereocenters. The highest BCUT2D eigenvalue weighted by atomic mass is 19.4. The summed E-state index contributed by atoms with van der Waals surface area (Å²) in [6.07, 6.45) is -1.89. The second-order valence-electron chi connectivity index (χ2n) is 13.0. The maximum absolute atomic E-state index is 13.2. The third-order valence-corrected chi connectivity index (χ3v) is 7.89. The fraction of sp³-hybridized carbons (Fsp3) is 0.324. The third kappa shape index (κ3) is 9.27. The molecule has 3 heterocycles. The van der Waals surface area contributed by atoms with Crippen LogP contribution >= 0.6 is 0 Å². The molecule has 15 heteroatoms. The lowest BCUT2D eigenvalue weighted by atomic mass is 10.1. The molecule has 274 valence electrons. The van der Waals surface area contributed by atoms with E-state index in [4.69, 9.17) is 19.3 Å². The Bertz CT molecular complexity index is 2040. The van der Waals surface area contributed by atoms with Crippen molar-refractivity contribution in [3.05, 3.63) is 89.7 Å². The number of hydrogen-bond donors (Lipinski definition) is 3. The zero-order valence-electron chi connectivity index (χ0n) is 29.6. The van der Waals surface area contributed by atoms with Gasteiger partial charge in [0.15, 0.2) is 0 Å². The zero-order valence-corrected chi connectivity index (χ0v) is 29.6. The zero-order chi connectivity index (χ0) is 37.6. The van der Waals surface area contributed by atoms with Crippen LogP contribution in [0.2, 0.25) is 0 Å². The molecule has 0 aliphatic carbocycles. The van der Waals surface area contributed by atoms with Crippen LogP contribution in [0, 0.1) is 0 Å². The molecule has 12 nitrogen and oxygen atoms in total. The Morgan fingerprint density at radius 2 is 1.65 bits per heavy atom. The number of methoxy groups -OCH3 is 2. The first-order valence-electron chi connectivity index (χ1n) is 16.4. The van der Waals surface area contributed by atoms with Crippen LogP contribution < -0.4 is 25.4 Å². The van der Waals surface area contributed by atoms with E-state index in [1.54, 1.807) is 71.5 Å². The van der Waals surface area contributed by atoms with Crippen molar-refractivity contribution in [2.24, 2.45) is 0 Å². The Morgan fingerprint density at radius 3 is 2.33 bits per heavy atom. The van der Waals surface area contributed by atoms with Crippen molar-refractivity contribution in [3.8, 4) is 22.8 Å². The molecule has 0 radical (unpaired) electrons. The van der Waals surface area contributed by atoms with Gasteiger partial charge in [-0.15, -0.1) is 0 Å². The van der Waals surface area contributed by atoms with Crippen LogP contribution in [0.4, 0.5) is 29.6 Å². The average molecular weight is 720 g/mol. The van der Waals surface area contributed by atoms with E-state index < -0.39 is 29.3 Å². The number of aromatic nitrogens is 4. The van der Waals surface area contributed by atoms with Crippen LogP contribution in [0.1, 0.15) is 55.6 Å². The minimum atomic E-state index is -4.58. The van der Waals surface area contributed by atoms with E-state index in [9.17, 15) is 22.8 Å². The van der Waals surface area contributed by atoms with Gasteiger partial charge < -0.3 is 30.2 Å². The van der Waals surface area contributed by atoms with Gasteiger partial charge in [-0.1, -0.05) is 12.1 Å². The highest BCUT2D eigenvalue weighted by Gasteiger charge is 2.31. The summed E-state index contributed by atoms with van der Waals surface area (Å²) in [6, 6.07) is 15.3. The van der Waals surface area contributed by atoms with Crippen LogP contribution in [0.25, 0.3) is 22.2 Å². The van der Waals surface area contributed by atoms with Gasteiger partial charge in [0.1, 0.15) is 34.4 Å². The molecule has 0 fully saturated rings. The minimum absolute atomic E-state index is 0.205. The van der Waals surface area contributed by atoms with Gasteiger partial charge in [-0.05, 0) is 76.6 Å².